The van der Waals surface area contributed by atoms with Crippen molar-refractivity contribution in [2.24, 2.45) is 0 Å². The number of nitrogens with zero attached hydrogens (tertiary/aromatic N) is 6. The first-order valence-corrected chi connectivity index (χ1v) is 17.3. The van der Waals surface area contributed by atoms with Crippen LogP contribution < -0.4 is 19.8 Å². The third-order valence-corrected chi connectivity index (χ3v) is 8.91. The predicted octanol–water partition coefficient (Wildman–Crippen LogP) is 2.48. The van der Waals surface area contributed by atoms with Gasteiger partial charge in [0, 0.05) is 75.1 Å². The summed E-state index contributed by atoms with van der Waals surface area (Å²) in [5.74, 6) is -0.430. The average molecular weight is 681 g/mol. The van der Waals surface area contributed by atoms with E-state index in [0.717, 1.165) is 38.0 Å². The topological polar surface area (TPSA) is 162 Å². The standard InChI is InChI=1S/C32H37FN8O6S/c1-46-31-27(38-48(2,44)45)16-23(18-34-31)28-26-17-25(33)15-24(29(26)36-32(35-28)41-11-13-47-14-12-41)20-40-9-7-39(8-10-40)19-21-3-5-22(6-4-21)30(42)37-43/h3-6,15-18,38,43H,7-14,19-20H2,1-2H3,(H,37,42). The molecule has 0 saturated carbocycles. The summed E-state index contributed by atoms with van der Waals surface area (Å²) in [7, 11) is -2.26. The second-order valence-corrected chi connectivity index (χ2v) is 13.5. The third-order valence-electron chi connectivity index (χ3n) is 8.32. The SMILES string of the molecule is COc1ncc(-c2nc(N3CCOCC3)nc3c(CN4CCN(Cc5ccc(C(=O)NO)cc5)CC4)cc(F)cc23)cc1NS(C)(=O)=O. The minimum Gasteiger partial charge on any atom is -0.480 e. The first-order valence-electron chi connectivity index (χ1n) is 15.4. The van der Waals surface area contributed by atoms with Crippen molar-refractivity contribution in [3.63, 3.8) is 0 Å². The van der Waals surface area contributed by atoms with Gasteiger partial charge in [-0.1, -0.05) is 12.1 Å². The number of hydrogen-bond donors (Lipinski definition) is 3. The zero-order valence-corrected chi connectivity index (χ0v) is 27.5. The van der Waals surface area contributed by atoms with Crippen LogP contribution in [0.5, 0.6) is 5.88 Å². The molecule has 0 aliphatic carbocycles. The molecule has 0 radical (unpaired) electrons. The van der Waals surface area contributed by atoms with E-state index < -0.39 is 21.7 Å². The third kappa shape index (κ3) is 7.79. The second kappa shape index (κ2) is 14.3. The van der Waals surface area contributed by atoms with Crippen LogP contribution in [0.25, 0.3) is 22.2 Å². The van der Waals surface area contributed by atoms with Gasteiger partial charge < -0.3 is 14.4 Å². The fourth-order valence-corrected chi connectivity index (χ4v) is 6.49. The predicted molar refractivity (Wildman–Crippen MR) is 177 cm³/mol. The number of carbonyl (C=O) groups is 1. The van der Waals surface area contributed by atoms with Crippen LogP contribution in [-0.2, 0) is 27.8 Å². The molecule has 2 saturated heterocycles. The number of ether oxygens (including phenoxy) is 2. The molecule has 3 N–H and O–H groups in total. The Morgan fingerprint density at radius 3 is 2.33 bits per heavy atom. The minimum atomic E-state index is -3.65. The van der Waals surface area contributed by atoms with Crippen molar-refractivity contribution < 1.29 is 32.3 Å². The Morgan fingerprint density at radius 1 is 1.00 bits per heavy atom. The molecule has 0 atom stereocenters. The summed E-state index contributed by atoms with van der Waals surface area (Å²) in [6.07, 6.45) is 2.56. The monoisotopic (exact) mass is 680 g/mol. The first kappa shape index (κ1) is 33.4. The van der Waals surface area contributed by atoms with Gasteiger partial charge in [-0.3, -0.25) is 24.5 Å². The maximum atomic E-state index is 15.4. The van der Waals surface area contributed by atoms with Crippen LogP contribution in [-0.4, -0.2) is 110 Å². The number of hydrogen-bond acceptors (Lipinski definition) is 12. The summed E-state index contributed by atoms with van der Waals surface area (Å²) in [6, 6.07) is 11.6. The van der Waals surface area contributed by atoms with Gasteiger partial charge >= 0.3 is 0 Å². The average Bonchev–Trinajstić information content (AvgIpc) is 3.08. The van der Waals surface area contributed by atoms with Crippen LogP contribution >= 0.6 is 0 Å². The Kier molecular flexibility index (Phi) is 9.98. The second-order valence-electron chi connectivity index (χ2n) is 11.8. The van der Waals surface area contributed by atoms with Crippen LogP contribution in [0.3, 0.4) is 0 Å². The number of benzene rings is 2. The minimum absolute atomic E-state index is 0.0908. The number of sulfonamides is 1. The molecule has 0 bridgehead atoms. The normalized spacial score (nSPS) is 16.2. The maximum absolute atomic E-state index is 15.4. The molecule has 14 nitrogen and oxygen atoms in total. The van der Waals surface area contributed by atoms with Gasteiger partial charge in [-0.05, 0) is 41.5 Å². The van der Waals surface area contributed by atoms with Gasteiger partial charge in [0.1, 0.15) is 11.5 Å². The number of rotatable bonds is 10. The number of methoxy groups -OCH3 is 1. The lowest BCUT2D eigenvalue weighted by Crippen LogP contribution is -2.45. The number of fused-ring (bicyclic) bond motifs is 1. The Balaban J connectivity index is 1.29. The molecule has 4 aromatic rings. The van der Waals surface area contributed by atoms with E-state index in [1.165, 1.54) is 25.4 Å². The molecule has 48 heavy (non-hydrogen) atoms. The van der Waals surface area contributed by atoms with Crippen LogP contribution in [0.2, 0.25) is 0 Å². The highest BCUT2D eigenvalue weighted by molar-refractivity contribution is 7.92. The molecule has 2 aliphatic rings. The van der Waals surface area contributed by atoms with Gasteiger partial charge in [0.2, 0.25) is 21.9 Å². The van der Waals surface area contributed by atoms with E-state index in [9.17, 15) is 13.2 Å². The lowest BCUT2D eigenvalue weighted by atomic mass is 10.0. The number of hydroxylamine groups is 1. The number of morpholine rings is 1. The molecule has 2 aromatic carbocycles. The molecular weight excluding hydrogens is 643 g/mol. The fraction of sp³-hybridized carbons (Fsp3) is 0.375. The van der Waals surface area contributed by atoms with Gasteiger partial charge in [-0.2, -0.15) is 0 Å². The molecule has 2 fully saturated rings. The van der Waals surface area contributed by atoms with Crippen molar-refractivity contribution in [2.45, 2.75) is 13.1 Å². The molecule has 0 spiro atoms. The number of halogens is 1. The molecule has 6 rings (SSSR count). The smallest absolute Gasteiger partial charge is 0.274 e. The summed E-state index contributed by atoms with van der Waals surface area (Å²) >= 11 is 0. The number of nitrogens with one attached hydrogen (secondary N) is 2. The van der Waals surface area contributed by atoms with Gasteiger partial charge in [-0.25, -0.2) is 33.2 Å². The van der Waals surface area contributed by atoms with E-state index >= 15 is 4.39 Å². The molecule has 4 heterocycles. The van der Waals surface area contributed by atoms with E-state index in [2.05, 4.69) is 19.5 Å². The van der Waals surface area contributed by atoms with E-state index in [1.54, 1.807) is 23.7 Å². The van der Waals surface area contributed by atoms with E-state index in [4.69, 9.17) is 24.6 Å². The van der Waals surface area contributed by atoms with Gasteiger partial charge in [0.25, 0.3) is 5.91 Å². The molecule has 0 unspecified atom stereocenters. The molecule has 2 aromatic heterocycles. The molecule has 16 heteroatoms. The summed E-state index contributed by atoms with van der Waals surface area (Å²) in [5.41, 5.74) is 5.42. The number of aromatic nitrogens is 3. The van der Waals surface area contributed by atoms with Crippen molar-refractivity contribution in [1.82, 2.24) is 30.2 Å². The first-order chi connectivity index (χ1) is 23.1. The molecule has 2 aliphatic heterocycles. The maximum Gasteiger partial charge on any atom is 0.274 e. The Bertz CT molecular complexity index is 1900. The van der Waals surface area contributed by atoms with E-state index in [0.29, 0.717) is 78.6 Å². The lowest BCUT2D eigenvalue weighted by Gasteiger charge is -2.35. The van der Waals surface area contributed by atoms with E-state index in [-0.39, 0.29) is 11.6 Å². The number of piperazine rings is 1. The zero-order valence-electron chi connectivity index (χ0n) is 26.6. The number of pyridine rings is 1. The zero-order chi connectivity index (χ0) is 33.8. The van der Waals surface area contributed by atoms with Crippen molar-refractivity contribution in [1.29, 1.82) is 0 Å². The van der Waals surface area contributed by atoms with Crippen molar-refractivity contribution >= 4 is 38.5 Å². The van der Waals surface area contributed by atoms with Crippen molar-refractivity contribution in [3.8, 4) is 17.1 Å². The molecular formula is C32H37FN8O6S. The molecule has 1 amide bonds. The summed E-state index contributed by atoms with van der Waals surface area (Å²) in [4.78, 5) is 32.4. The summed E-state index contributed by atoms with van der Waals surface area (Å²) in [6.45, 7) is 6.47. The van der Waals surface area contributed by atoms with Crippen LogP contribution in [0.1, 0.15) is 21.5 Å². The fourth-order valence-electron chi connectivity index (χ4n) is 5.95. The summed E-state index contributed by atoms with van der Waals surface area (Å²) in [5, 5.41) is 9.33. The number of amides is 1. The molecule has 254 valence electrons. The summed E-state index contributed by atoms with van der Waals surface area (Å²) < 4.78 is 52.8. The Labute approximate surface area is 277 Å². The van der Waals surface area contributed by atoms with Gasteiger partial charge in [0.15, 0.2) is 0 Å². The Hall–Kier alpha value is -4.48. The largest absolute Gasteiger partial charge is 0.480 e. The van der Waals surface area contributed by atoms with E-state index in [1.807, 2.05) is 17.0 Å². The van der Waals surface area contributed by atoms with Gasteiger partial charge in [-0.15, -0.1) is 0 Å². The Morgan fingerprint density at radius 2 is 1.69 bits per heavy atom. The number of carbonyl (C=O) groups excluding carboxylic acids is 1. The van der Waals surface area contributed by atoms with Crippen LogP contribution in [0, 0.1) is 5.82 Å². The lowest BCUT2D eigenvalue weighted by molar-refractivity contribution is 0.0706. The van der Waals surface area contributed by atoms with Crippen LogP contribution in [0.15, 0.2) is 48.7 Å². The van der Waals surface area contributed by atoms with Gasteiger partial charge in [0.05, 0.1) is 37.8 Å². The van der Waals surface area contributed by atoms with Crippen LogP contribution in [0.4, 0.5) is 16.0 Å². The number of anilines is 2. The van der Waals surface area contributed by atoms with Crippen molar-refractivity contribution in [3.05, 3.63) is 71.2 Å². The highest BCUT2D eigenvalue weighted by Gasteiger charge is 2.24. The highest BCUT2D eigenvalue weighted by Crippen LogP contribution is 2.35. The quantitative estimate of drug-likeness (QED) is 0.166. The van der Waals surface area contributed by atoms with Crippen molar-refractivity contribution in [2.75, 3.05) is 75.5 Å². The highest BCUT2D eigenvalue weighted by atomic mass is 32.2.